The van der Waals surface area contributed by atoms with Gasteiger partial charge in [-0.2, -0.15) is 0 Å². The van der Waals surface area contributed by atoms with Crippen LogP contribution in [-0.2, 0) is 38.3 Å². The number of hydrogen-bond acceptors (Lipinski definition) is 13. The van der Waals surface area contributed by atoms with Crippen LogP contribution < -0.4 is 16.4 Å². The molecule has 2 aliphatic rings. The van der Waals surface area contributed by atoms with Crippen molar-refractivity contribution < 1.29 is 38.3 Å². The van der Waals surface area contributed by atoms with Gasteiger partial charge in [-0.25, -0.2) is 9.78 Å². The number of anilines is 1. The zero-order valence-electron chi connectivity index (χ0n) is 21.3. The van der Waals surface area contributed by atoms with Crippen molar-refractivity contribution in [2.45, 2.75) is 45.2 Å². The number of rotatable bonds is 9. The van der Waals surface area contributed by atoms with E-state index >= 15 is 0 Å². The van der Waals surface area contributed by atoms with Crippen LogP contribution in [0.4, 0.5) is 5.13 Å². The molecule has 38 heavy (non-hydrogen) atoms. The summed E-state index contributed by atoms with van der Waals surface area (Å²) in [6, 6.07) is -1.71. The fourth-order valence-corrected chi connectivity index (χ4v) is 5.01. The Labute approximate surface area is 226 Å². The summed E-state index contributed by atoms with van der Waals surface area (Å²) in [5.74, 6) is -2.73. The second-order valence-electron chi connectivity index (χ2n) is 9.14. The molecule has 1 saturated heterocycles. The van der Waals surface area contributed by atoms with E-state index in [1.54, 1.807) is 20.8 Å². The summed E-state index contributed by atoms with van der Waals surface area (Å²) in [6.07, 6.45) is 1.52. The lowest BCUT2D eigenvalue weighted by molar-refractivity contribution is -0.173. The maximum absolute atomic E-state index is 13.0. The van der Waals surface area contributed by atoms with E-state index in [4.69, 9.17) is 20.0 Å². The van der Waals surface area contributed by atoms with Gasteiger partial charge in [0.15, 0.2) is 10.8 Å². The number of oxime groups is 1. The molecule has 1 aromatic heterocycles. The van der Waals surface area contributed by atoms with E-state index in [9.17, 15) is 24.0 Å². The van der Waals surface area contributed by atoms with Crippen molar-refractivity contribution in [1.82, 2.24) is 15.2 Å². The highest BCUT2D eigenvalue weighted by Gasteiger charge is 2.53. The molecule has 1 aromatic rings. The van der Waals surface area contributed by atoms with E-state index in [1.807, 2.05) is 0 Å². The van der Waals surface area contributed by atoms with Crippen LogP contribution in [0.2, 0.25) is 0 Å². The molecule has 4 N–H and O–H groups in total. The summed E-state index contributed by atoms with van der Waals surface area (Å²) in [7, 11) is 1.24. The van der Waals surface area contributed by atoms with Gasteiger partial charge in [0.1, 0.15) is 29.9 Å². The Morgan fingerprint density at radius 1 is 1.29 bits per heavy atom. The zero-order chi connectivity index (χ0) is 28.2. The average molecular weight is 569 g/mol. The molecule has 0 radical (unpaired) electrons. The van der Waals surface area contributed by atoms with Crippen LogP contribution in [-0.4, -0.2) is 82.4 Å². The third kappa shape index (κ3) is 6.49. The monoisotopic (exact) mass is 568 g/mol. The number of nitrogens with zero attached hydrogens (tertiary/aromatic N) is 3. The predicted octanol–water partition coefficient (Wildman–Crippen LogP) is 0.153. The minimum Gasteiger partial charge on any atom is -0.427 e. The maximum Gasteiger partial charge on any atom is 0.357 e. The van der Waals surface area contributed by atoms with Crippen LogP contribution in [0.25, 0.3) is 0 Å². The molecular formula is C22H28N6O8S2. The molecule has 0 saturated carbocycles. The smallest absolute Gasteiger partial charge is 0.357 e. The molecule has 14 nitrogen and oxygen atoms in total. The number of fused-ring (bicyclic) bond motifs is 1. The second-order valence-corrected chi connectivity index (χ2v) is 11.2. The van der Waals surface area contributed by atoms with Gasteiger partial charge in [-0.3, -0.25) is 24.1 Å². The lowest BCUT2D eigenvalue weighted by atomic mass is 9.98. The molecule has 1 fully saturated rings. The largest absolute Gasteiger partial charge is 0.427 e. The van der Waals surface area contributed by atoms with Crippen LogP contribution in [0.15, 0.2) is 22.3 Å². The predicted molar refractivity (Wildman–Crippen MR) is 138 cm³/mol. The number of amides is 3. The van der Waals surface area contributed by atoms with Crippen LogP contribution in [0.5, 0.6) is 0 Å². The highest BCUT2D eigenvalue weighted by molar-refractivity contribution is 8.00. The van der Waals surface area contributed by atoms with Crippen molar-refractivity contribution in [2.75, 3.05) is 25.0 Å². The number of ether oxygens (including phenoxy) is 2. The molecule has 0 aromatic carbocycles. The molecule has 3 heterocycles. The number of thioether (sulfide) groups is 1. The first kappa shape index (κ1) is 29.1. The Balaban J connectivity index is 1.62. The standard InChI is InChI=1S/C22H28N6O8S2/c1-10(23)15(29)26-21-24-11(8-38-21)13(27-34-5)16(30)25-14-17(31)28-12(6-7-37-18(14)28)19(32)35-9-36-20(33)22(2,3)4/h6,8,10,14,18H,7,9,23H2,1-5H3,(H,25,30)(H,24,26,29)/b27-13-. The maximum atomic E-state index is 13.0. The fourth-order valence-electron chi connectivity index (χ4n) is 3.12. The molecular weight excluding hydrogens is 540 g/mol. The van der Waals surface area contributed by atoms with Crippen molar-refractivity contribution in [2.24, 2.45) is 16.3 Å². The number of β-lactam (4-membered cyclic amide) rings is 1. The molecule has 16 heteroatoms. The Morgan fingerprint density at radius 3 is 2.63 bits per heavy atom. The van der Waals surface area contributed by atoms with E-state index in [1.165, 1.54) is 42.2 Å². The first-order valence-corrected chi connectivity index (χ1v) is 13.2. The van der Waals surface area contributed by atoms with Gasteiger partial charge in [0.05, 0.1) is 11.5 Å². The molecule has 0 spiro atoms. The molecule has 2 aliphatic heterocycles. The minimum atomic E-state index is -0.958. The number of nitrogens with two attached hydrogens (primary N) is 1. The summed E-state index contributed by atoms with van der Waals surface area (Å²) < 4.78 is 9.96. The van der Waals surface area contributed by atoms with Gasteiger partial charge in [-0.05, 0) is 33.8 Å². The summed E-state index contributed by atoms with van der Waals surface area (Å²) >= 11 is 2.38. The number of carbonyl (C=O) groups is 5. The number of nitrogens with one attached hydrogen (secondary N) is 2. The van der Waals surface area contributed by atoms with Gasteiger partial charge in [-0.15, -0.1) is 23.1 Å². The first-order valence-electron chi connectivity index (χ1n) is 11.3. The van der Waals surface area contributed by atoms with Crippen LogP contribution >= 0.6 is 23.1 Å². The third-order valence-corrected chi connectivity index (χ3v) is 7.06. The van der Waals surface area contributed by atoms with Gasteiger partial charge < -0.3 is 30.7 Å². The summed E-state index contributed by atoms with van der Waals surface area (Å²) in [5.41, 5.74) is 4.67. The third-order valence-electron chi connectivity index (χ3n) is 5.12. The van der Waals surface area contributed by atoms with Gasteiger partial charge in [0.25, 0.3) is 11.8 Å². The van der Waals surface area contributed by atoms with E-state index in [-0.39, 0.29) is 22.2 Å². The van der Waals surface area contributed by atoms with Crippen LogP contribution in [0.3, 0.4) is 0 Å². The van der Waals surface area contributed by atoms with Crippen molar-refractivity contribution in [3.05, 3.63) is 22.8 Å². The molecule has 0 bridgehead atoms. The van der Waals surface area contributed by atoms with E-state index in [2.05, 4.69) is 20.8 Å². The molecule has 3 unspecified atom stereocenters. The summed E-state index contributed by atoms with van der Waals surface area (Å²) in [5, 5.41) is 9.96. The zero-order valence-corrected chi connectivity index (χ0v) is 22.9. The Morgan fingerprint density at radius 2 is 2.00 bits per heavy atom. The molecule has 3 rings (SSSR count). The molecule has 3 amide bonds. The van der Waals surface area contributed by atoms with E-state index < -0.39 is 59.3 Å². The van der Waals surface area contributed by atoms with Gasteiger partial charge in [-0.1, -0.05) is 5.16 Å². The van der Waals surface area contributed by atoms with Gasteiger partial charge >= 0.3 is 11.9 Å². The van der Waals surface area contributed by atoms with Crippen LogP contribution in [0.1, 0.15) is 33.4 Å². The highest BCUT2D eigenvalue weighted by atomic mass is 32.2. The lowest BCUT2D eigenvalue weighted by Crippen LogP contribution is -2.70. The average Bonchev–Trinajstić information content (AvgIpc) is 3.31. The van der Waals surface area contributed by atoms with Gasteiger partial charge in [0.2, 0.25) is 12.7 Å². The topological polar surface area (TPSA) is 192 Å². The second kappa shape index (κ2) is 11.9. The Hall–Kier alpha value is -3.50. The molecule has 206 valence electrons. The number of thiazole rings is 1. The number of carbonyl (C=O) groups excluding carboxylic acids is 5. The van der Waals surface area contributed by atoms with E-state index in [0.29, 0.717) is 5.75 Å². The quantitative estimate of drug-likeness (QED) is 0.121. The normalized spacial score (nSPS) is 19.8. The minimum absolute atomic E-state index is 0.00384. The summed E-state index contributed by atoms with van der Waals surface area (Å²) in [4.78, 5) is 72.2. The summed E-state index contributed by atoms with van der Waals surface area (Å²) in [6.45, 7) is 5.90. The van der Waals surface area contributed by atoms with Crippen molar-refractivity contribution >= 4 is 63.6 Å². The number of esters is 2. The number of aromatic nitrogens is 1. The lowest BCUT2D eigenvalue weighted by Gasteiger charge is -2.48. The SMILES string of the molecule is CO/N=C(\C(=O)NC1C(=O)N2C(C(=O)OCOC(=O)C(C)(C)C)=CCSC12)c1csc(NC(=O)C(C)N)n1. The highest BCUT2D eigenvalue weighted by Crippen LogP contribution is 2.38. The fraction of sp³-hybridized carbons (Fsp3) is 0.500. The van der Waals surface area contributed by atoms with Crippen LogP contribution in [0, 0.1) is 5.41 Å². The van der Waals surface area contributed by atoms with E-state index in [0.717, 1.165) is 11.3 Å². The Kier molecular flexibility index (Phi) is 9.11. The molecule has 3 atom stereocenters. The van der Waals surface area contributed by atoms with Crippen molar-refractivity contribution in [1.29, 1.82) is 0 Å². The van der Waals surface area contributed by atoms with Crippen molar-refractivity contribution in [3.63, 3.8) is 0 Å². The molecule has 0 aliphatic carbocycles. The first-order chi connectivity index (χ1) is 17.8. The number of hydrogen-bond donors (Lipinski definition) is 3. The van der Waals surface area contributed by atoms with Crippen molar-refractivity contribution in [3.8, 4) is 0 Å². The van der Waals surface area contributed by atoms with Gasteiger partial charge in [0, 0.05) is 11.1 Å². The Bertz CT molecular complexity index is 1190.